The van der Waals surface area contributed by atoms with Crippen LogP contribution in [0.5, 0.6) is 0 Å². The van der Waals surface area contributed by atoms with Gasteiger partial charge in [0.15, 0.2) is 0 Å². The van der Waals surface area contributed by atoms with Crippen LogP contribution in [-0.2, 0) is 4.74 Å². The van der Waals surface area contributed by atoms with E-state index in [2.05, 4.69) is 19.2 Å². The lowest BCUT2D eigenvalue weighted by Gasteiger charge is -2.33. The first kappa shape index (κ1) is 16.1. The van der Waals surface area contributed by atoms with Crippen molar-refractivity contribution in [2.24, 2.45) is 11.8 Å². The van der Waals surface area contributed by atoms with Crippen LogP contribution < -0.4 is 5.32 Å². The van der Waals surface area contributed by atoms with E-state index in [0.29, 0.717) is 21.9 Å². The molecule has 1 fully saturated rings. The Hall–Kier alpha value is -0.280. The Bertz CT molecular complexity index is 416. The molecule has 0 spiro atoms. The van der Waals surface area contributed by atoms with Gasteiger partial charge in [0, 0.05) is 34.7 Å². The monoisotopic (exact) mass is 315 g/mol. The van der Waals surface area contributed by atoms with Crippen molar-refractivity contribution in [3.8, 4) is 0 Å². The highest BCUT2D eigenvalue weighted by Gasteiger charge is 2.30. The fourth-order valence-electron chi connectivity index (χ4n) is 2.71. The molecule has 20 heavy (non-hydrogen) atoms. The molecule has 2 nitrogen and oxygen atoms in total. The van der Waals surface area contributed by atoms with Crippen LogP contribution in [0.1, 0.15) is 38.4 Å². The number of halogens is 2. The molecule has 0 aromatic heterocycles. The number of nitrogens with one attached hydrogen (secondary N) is 1. The fourth-order valence-corrected chi connectivity index (χ4v) is 3.32. The number of rotatable bonds is 5. The SMILES string of the molecule is CC(C)CNCC1CCCOC1c1c(Cl)cccc1Cl. The minimum atomic E-state index is 0.00427. The second-order valence-corrected chi connectivity index (χ2v) is 6.70. The lowest BCUT2D eigenvalue weighted by atomic mass is 9.89. The highest BCUT2D eigenvalue weighted by Crippen LogP contribution is 2.40. The maximum Gasteiger partial charge on any atom is 0.0894 e. The summed E-state index contributed by atoms with van der Waals surface area (Å²) < 4.78 is 5.99. The van der Waals surface area contributed by atoms with E-state index in [-0.39, 0.29) is 6.10 Å². The van der Waals surface area contributed by atoms with Gasteiger partial charge in [0.2, 0.25) is 0 Å². The van der Waals surface area contributed by atoms with Crippen molar-refractivity contribution in [2.45, 2.75) is 32.8 Å². The van der Waals surface area contributed by atoms with Crippen molar-refractivity contribution >= 4 is 23.2 Å². The summed E-state index contributed by atoms with van der Waals surface area (Å²) in [5.74, 6) is 1.08. The summed E-state index contributed by atoms with van der Waals surface area (Å²) in [4.78, 5) is 0. The molecular weight excluding hydrogens is 293 g/mol. The molecule has 1 aromatic carbocycles. The van der Waals surface area contributed by atoms with E-state index in [0.717, 1.165) is 38.1 Å². The van der Waals surface area contributed by atoms with E-state index in [1.807, 2.05) is 18.2 Å². The molecule has 4 heteroatoms. The summed E-state index contributed by atoms with van der Waals surface area (Å²) in [7, 11) is 0. The average molecular weight is 316 g/mol. The topological polar surface area (TPSA) is 21.3 Å². The van der Waals surface area contributed by atoms with E-state index < -0.39 is 0 Å². The van der Waals surface area contributed by atoms with Gasteiger partial charge in [0.1, 0.15) is 0 Å². The smallest absolute Gasteiger partial charge is 0.0894 e. The molecule has 1 heterocycles. The van der Waals surface area contributed by atoms with Gasteiger partial charge in [-0.05, 0) is 37.4 Å². The third-order valence-corrected chi connectivity index (χ3v) is 4.35. The predicted octanol–water partition coefficient (Wildman–Crippen LogP) is 4.71. The molecular formula is C16H23Cl2NO. The molecule has 0 saturated carbocycles. The zero-order valence-electron chi connectivity index (χ0n) is 12.2. The normalized spacial score (nSPS) is 23.2. The summed E-state index contributed by atoms with van der Waals surface area (Å²) in [6.07, 6.45) is 2.26. The molecule has 0 aliphatic carbocycles. The molecule has 112 valence electrons. The fraction of sp³-hybridized carbons (Fsp3) is 0.625. The molecule has 1 saturated heterocycles. The number of benzene rings is 1. The zero-order chi connectivity index (χ0) is 14.5. The largest absolute Gasteiger partial charge is 0.373 e. The van der Waals surface area contributed by atoms with Gasteiger partial charge in [0.25, 0.3) is 0 Å². The number of hydrogen-bond donors (Lipinski definition) is 1. The quantitative estimate of drug-likeness (QED) is 0.849. The maximum atomic E-state index is 6.33. The first-order chi connectivity index (χ1) is 9.59. The van der Waals surface area contributed by atoms with Gasteiger partial charge >= 0.3 is 0 Å². The van der Waals surface area contributed by atoms with Crippen molar-refractivity contribution in [1.29, 1.82) is 0 Å². The summed E-state index contributed by atoms with van der Waals surface area (Å²) >= 11 is 12.7. The van der Waals surface area contributed by atoms with E-state index in [4.69, 9.17) is 27.9 Å². The molecule has 1 aliphatic heterocycles. The number of ether oxygens (including phenoxy) is 1. The molecule has 2 atom stereocenters. The van der Waals surface area contributed by atoms with Crippen molar-refractivity contribution < 1.29 is 4.74 Å². The van der Waals surface area contributed by atoms with Gasteiger partial charge in [-0.3, -0.25) is 0 Å². The van der Waals surface area contributed by atoms with E-state index in [9.17, 15) is 0 Å². The summed E-state index contributed by atoms with van der Waals surface area (Å²) in [6, 6.07) is 5.65. The molecule has 0 radical (unpaired) electrons. The van der Waals surface area contributed by atoms with Crippen LogP contribution in [0.25, 0.3) is 0 Å². The van der Waals surface area contributed by atoms with Crippen LogP contribution in [0.2, 0.25) is 10.0 Å². The summed E-state index contributed by atoms with van der Waals surface area (Å²) in [6.45, 7) is 7.19. The molecule has 2 rings (SSSR count). The molecule has 0 amide bonds. The average Bonchev–Trinajstić information content (AvgIpc) is 2.40. The van der Waals surface area contributed by atoms with E-state index in [1.165, 1.54) is 0 Å². The van der Waals surface area contributed by atoms with Crippen LogP contribution in [0.4, 0.5) is 0 Å². The van der Waals surface area contributed by atoms with Crippen LogP contribution in [0.3, 0.4) is 0 Å². The molecule has 1 aliphatic rings. The highest BCUT2D eigenvalue weighted by molar-refractivity contribution is 6.36. The number of hydrogen-bond acceptors (Lipinski definition) is 2. The second-order valence-electron chi connectivity index (χ2n) is 5.88. The van der Waals surface area contributed by atoms with Crippen LogP contribution >= 0.6 is 23.2 Å². The van der Waals surface area contributed by atoms with Gasteiger partial charge in [-0.1, -0.05) is 43.1 Å². The van der Waals surface area contributed by atoms with Crippen molar-refractivity contribution in [3.05, 3.63) is 33.8 Å². The standard InChI is InChI=1S/C16H23Cl2NO/c1-11(2)9-19-10-12-5-4-8-20-16(12)15-13(17)6-3-7-14(15)18/h3,6-7,11-12,16,19H,4-5,8-10H2,1-2H3. The van der Waals surface area contributed by atoms with Gasteiger partial charge in [0.05, 0.1) is 6.10 Å². The van der Waals surface area contributed by atoms with Crippen LogP contribution in [-0.4, -0.2) is 19.7 Å². The lowest BCUT2D eigenvalue weighted by Crippen LogP contribution is -2.33. The summed E-state index contributed by atoms with van der Waals surface area (Å²) in [5.41, 5.74) is 0.951. The third-order valence-electron chi connectivity index (χ3n) is 3.69. The lowest BCUT2D eigenvalue weighted by molar-refractivity contribution is -0.0277. The highest BCUT2D eigenvalue weighted by atomic mass is 35.5. The third kappa shape index (κ3) is 4.11. The summed E-state index contributed by atoms with van der Waals surface area (Å²) in [5, 5.41) is 4.94. The van der Waals surface area contributed by atoms with Gasteiger partial charge in [-0.25, -0.2) is 0 Å². The Labute approximate surface area is 131 Å². The molecule has 1 aromatic rings. The van der Waals surface area contributed by atoms with E-state index in [1.54, 1.807) is 0 Å². The van der Waals surface area contributed by atoms with Crippen molar-refractivity contribution in [3.63, 3.8) is 0 Å². The van der Waals surface area contributed by atoms with Crippen molar-refractivity contribution in [1.82, 2.24) is 5.32 Å². The molecule has 1 N–H and O–H groups in total. The first-order valence-corrected chi connectivity index (χ1v) is 8.11. The minimum Gasteiger partial charge on any atom is -0.373 e. The maximum absolute atomic E-state index is 6.33. The van der Waals surface area contributed by atoms with Crippen LogP contribution in [0, 0.1) is 11.8 Å². The van der Waals surface area contributed by atoms with Gasteiger partial charge < -0.3 is 10.1 Å². The van der Waals surface area contributed by atoms with Crippen LogP contribution in [0.15, 0.2) is 18.2 Å². The van der Waals surface area contributed by atoms with E-state index >= 15 is 0 Å². The Balaban J connectivity index is 2.10. The minimum absolute atomic E-state index is 0.00427. The molecule has 2 unspecified atom stereocenters. The zero-order valence-corrected chi connectivity index (χ0v) is 13.7. The van der Waals surface area contributed by atoms with Gasteiger partial charge in [-0.15, -0.1) is 0 Å². The van der Waals surface area contributed by atoms with Gasteiger partial charge in [-0.2, -0.15) is 0 Å². The Kier molecular flexibility index (Phi) is 6.16. The predicted molar refractivity (Wildman–Crippen MR) is 85.6 cm³/mol. The second kappa shape index (κ2) is 7.65. The Morgan fingerprint density at radius 1 is 1.30 bits per heavy atom. The Morgan fingerprint density at radius 2 is 2.00 bits per heavy atom. The van der Waals surface area contributed by atoms with Crippen molar-refractivity contribution in [2.75, 3.05) is 19.7 Å². The first-order valence-electron chi connectivity index (χ1n) is 7.35. The Morgan fingerprint density at radius 3 is 2.65 bits per heavy atom. The molecule has 0 bridgehead atoms.